The number of thioether (sulfide) groups is 1. The van der Waals surface area contributed by atoms with Crippen LogP contribution >= 0.6 is 11.8 Å². The Labute approximate surface area is 133 Å². The van der Waals surface area contributed by atoms with Crippen LogP contribution in [0.2, 0.25) is 0 Å². The first-order chi connectivity index (χ1) is 10.4. The minimum atomic E-state index is -0.965. The Bertz CT molecular complexity index is 546. The summed E-state index contributed by atoms with van der Waals surface area (Å²) in [6.07, 6.45) is -0.127. The molecule has 1 aromatic carbocycles. The number of amides is 2. The van der Waals surface area contributed by atoms with E-state index in [4.69, 9.17) is 5.11 Å². The fourth-order valence-electron chi connectivity index (χ4n) is 1.67. The molecule has 0 aliphatic rings. The normalized spacial score (nSPS) is 10.3. The first-order valence-electron chi connectivity index (χ1n) is 6.91. The zero-order chi connectivity index (χ0) is 16.5. The quantitative estimate of drug-likeness (QED) is 0.630. The van der Waals surface area contributed by atoms with E-state index in [0.29, 0.717) is 10.5 Å². The van der Waals surface area contributed by atoms with Gasteiger partial charge in [0.15, 0.2) is 0 Å². The molecule has 0 fully saturated rings. The topological polar surface area (TPSA) is 95.5 Å². The van der Waals surface area contributed by atoms with Crippen molar-refractivity contribution in [2.45, 2.75) is 31.2 Å². The van der Waals surface area contributed by atoms with Gasteiger partial charge in [-0.3, -0.25) is 14.4 Å². The molecule has 0 saturated carbocycles. The van der Waals surface area contributed by atoms with Crippen molar-refractivity contribution in [3.05, 3.63) is 29.8 Å². The zero-order valence-electron chi connectivity index (χ0n) is 12.6. The van der Waals surface area contributed by atoms with E-state index in [0.717, 1.165) is 0 Å². The molecule has 0 aromatic heterocycles. The number of rotatable bonds is 8. The first-order valence-corrected chi connectivity index (χ1v) is 7.90. The van der Waals surface area contributed by atoms with Crippen LogP contribution in [0.3, 0.4) is 0 Å². The second kappa shape index (κ2) is 9.09. The van der Waals surface area contributed by atoms with E-state index in [1.807, 2.05) is 13.8 Å². The second-order valence-electron chi connectivity index (χ2n) is 4.91. The van der Waals surface area contributed by atoms with Crippen molar-refractivity contribution in [2.75, 3.05) is 12.3 Å². The van der Waals surface area contributed by atoms with Gasteiger partial charge in [-0.25, -0.2) is 0 Å². The molecule has 0 radical (unpaired) electrons. The molecule has 0 aliphatic carbocycles. The third kappa shape index (κ3) is 6.62. The van der Waals surface area contributed by atoms with Gasteiger partial charge in [-0.05, 0) is 26.0 Å². The van der Waals surface area contributed by atoms with Gasteiger partial charge in [0.25, 0.3) is 5.91 Å². The Morgan fingerprint density at radius 2 is 1.91 bits per heavy atom. The summed E-state index contributed by atoms with van der Waals surface area (Å²) in [6.45, 7) is 3.83. The molecule has 120 valence electrons. The molecule has 1 rings (SSSR count). The molecule has 0 atom stereocenters. The van der Waals surface area contributed by atoms with Gasteiger partial charge in [0, 0.05) is 17.5 Å². The minimum absolute atomic E-state index is 0.0704. The van der Waals surface area contributed by atoms with Gasteiger partial charge in [-0.15, -0.1) is 11.8 Å². The van der Waals surface area contributed by atoms with Gasteiger partial charge in [-0.1, -0.05) is 12.1 Å². The van der Waals surface area contributed by atoms with Crippen LogP contribution in [0.4, 0.5) is 0 Å². The Morgan fingerprint density at radius 3 is 2.55 bits per heavy atom. The highest BCUT2D eigenvalue weighted by Crippen LogP contribution is 2.22. The van der Waals surface area contributed by atoms with Crippen LogP contribution in [0.5, 0.6) is 0 Å². The fraction of sp³-hybridized carbons (Fsp3) is 0.400. The summed E-state index contributed by atoms with van der Waals surface area (Å²) in [5, 5.41) is 13.9. The van der Waals surface area contributed by atoms with Crippen molar-refractivity contribution in [3.8, 4) is 0 Å². The summed E-state index contributed by atoms with van der Waals surface area (Å²) in [6, 6.07) is 7.00. The standard InChI is InChI=1S/C15H20N2O4S/c1-10(2)17-13(18)9-22-12-6-4-3-5-11(12)15(21)16-8-7-14(19)20/h3-6,10H,7-9H2,1-2H3,(H,16,21)(H,17,18)(H,19,20). The molecule has 22 heavy (non-hydrogen) atoms. The van der Waals surface area contributed by atoms with E-state index in [9.17, 15) is 14.4 Å². The lowest BCUT2D eigenvalue weighted by molar-refractivity contribution is -0.136. The van der Waals surface area contributed by atoms with E-state index >= 15 is 0 Å². The van der Waals surface area contributed by atoms with Crippen LogP contribution < -0.4 is 10.6 Å². The zero-order valence-corrected chi connectivity index (χ0v) is 13.4. The van der Waals surface area contributed by atoms with Crippen molar-refractivity contribution < 1.29 is 19.5 Å². The third-order valence-corrected chi connectivity index (χ3v) is 3.64. The molecule has 0 saturated heterocycles. The van der Waals surface area contributed by atoms with Crippen LogP contribution in [0.25, 0.3) is 0 Å². The summed E-state index contributed by atoms with van der Waals surface area (Å²) in [5.41, 5.74) is 0.440. The average molecular weight is 324 g/mol. The van der Waals surface area contributed by atoms with Gasteiger partial charge < -0.3 is 15.7 Å². The number of hydrogen-bond acceptors (Lipinski definition) is 4. The molecular weight excluding hydrogens is 304 g/mol. The van der Waals surface area contributed by atoms with Crippen LogP contribution in [0.1, 0.15) is 30.6 Å². The van der Waals surface area contributed by atoms with Crippen LogP contribution in [-0.4, -0.2) is 41.2 Å². The Hall–Kier alpha value is -2.02. The molecule has 0 spiro atoms. The maximum Gasteiger partial charge on any atom is 0.305 e. The molecular formula is C15H20N2O4S. The van der Waals surface area contributed by atoms with Gasteiger partial charge in [-0.2, -0.15) is 0 Å². The Balaban J connectivity index is 2.63. The summed E-state index contributed by atoms with van der Waals surface area (Å²) in [7, 11) is 0. The summed E-state index contributed by atoms with van der Waals surface area (Å²) < 4.78 is 0. The van der Waals surface area contributed by atoms with Crippen molar-refractivity contribution >= 4 is 29.5 Å². The molecule has 2 amide bonds. The van der Waals surface area contributed by atoms with E-state index in [2.05, 4.69) is 10.6 Å². The molecule has 6 nitrogen and oxygen atoms in total. The van der Waals surface area contributed by atoms with Gasteiger partial charge >= 0.3 is 5.97 Å². The Morgan fingerprint density at radius 1 is 1.23 bits per heavy atom. The van der Waals surface area contributed by atoms with E-state index in [-0.39, 0.29) is 36.6 Å². The smallest absolute Gasteiger partial charge is 0.305 e. The number of carbonyl (C=O) groups excluding carboxylic acids is 2. The van der Waals surface area contributed by atoms with E-state index in [1.165, 1.54) is 11.8 Å². The maximum atomic E-state index is 12.1. The highest BCUT2D eigenvalue weighted by atomic mass is 32.2. The molecule has 3 N–H and O–H groups in total. The van der Waals surface area contributed by atoms with Gasteiger partial charge in [0.05, 0.1) is 17.7 Å². The third-order valence-electron chi connectivity index (χ3n) is 2.56. The van der Waals surface area contributed by atoms with E-state index < -0.39 is 5.97 Å². The first kappa shape index (κ1) is 18.0. The lowest BCUT2D eigenvalue weighted by atomic mass is 10.2. The number of carbonyl (C=O) groups is 3. The molecule has 0 aliphatic heterocycles. The predicted molar refractivity (Wildman–Crippen MR) is 85.0 cm³/mol. The molecule has 0 bridgehead atoms. The van der Waals surface area contributed by atoms with Crippen molar-refractivity contribution in [1.29, 1.82) is 0 Å². The number of carboxylic acids is 1. The lowest BCUT2D eigenvalue weighted by Crippen LogP contribution is -2.31. The summed E-state index contributed by atoms with van der Waals surface area (Å²) in [4.78, 5) is 34.8. The molecule has 0 heterocycles. The molecule has 7 heteroatoms. The van der Waals surface area contributed by atoms with Crippen LogP contribution in [0, 0.1) is 0 Å². The Kier molecular flexibility index (Phi) is 7.45. The minimum Gasteiger partial charge on any atom is -0.481 e. The monoisotopic (exact) mass is 324 g/mol. The SMILES string of the molecule is CC(C)NC(=O)CSc1ccccc1C(=O)NCCC(=O)O. The number of benzene rings is 1. The number of nitrogens with one attached hydrogen (secondary N) is 2. The number of hydrogen-bond donors (Lipinski definition) is 3. The summed E-state index contributed by atoms with van der Waals surface area (Å²) in [5.74, 6) is -1.18. The fourth-order valence-corrected chi connectivity index (χ4v) is 2.53. The van der Waals surface area contributed by atoms with Crippen molar-refractivity contribution in [3.63, 3.8) is 0 Å². The largest absolute Gasteiger partial charge is 0.481 e. The predicted octanol–water partition coefficient (Wildman–Crippen LogP) is 1.51. The lowest BCUT2D eigenvalue weighted by Gasteiger charge is -2.11. The highest BCUT2D eigenvalue weighted by Gasteiger charge is 2.13. The van der Waals surface area contributed by atoms with E-state index in [1.54, 1.807) is 24.3 Å². The second-order valence-corrected chi connectivity index (χ2v) is 5.92. The molecule has 0 unspecified atom stereocenters. The summed E-state index contributed by atoms with van der Waals surface area (Å²) >= 11 is 1.28. The molecule has 1 aromatic rings. The van der Waals surface area contributed by atoms with Gasteiger partial charge in [0.1, 0.15) is 0 Å². The van der Waals surface area contributed by atoms with Crippen molar-refractivity contribution in [1.82, 2.24) is 10.6 Å². The highest BCUT2D eigenvalue weighted by molar-refractivity contribution is 8.00. The van der Waals surface area contributed by atoms with Crippen LogP contribution in [0.15, 0.2) is 29.2 Å². The van der Waals surface area contributed by atoms with Gasteiger partial charge in [0.2, 0.25) is 5.91 Å². The van der Waals surface area contributed by atoms with Crippen LogP contribution in [-0.2, 0) is 9.59 Å². The number of carboxylic acid groups (broad SMARTS) is 1. The maximum absolute atomic E-state index is 12.1. The van der Waals surface area contributed by atoms with Crippen molar-refractivity contribution in [2.24, 2.45) is 0 Å². The number of aliphatic carboxylic acids is 1. The average Bonchev–Trinajstić information content (AvgIpc) is 2.44.